The van der Waals surface area contributed by atoms with Gasteiger partial charge in [-0.2, -0.15) is 5.10 Å². The number of hydrogen-bond acceptors (Lipinski definition) is 3. The van der Waals surface area contributed by atoms with Gasteiger partial charge in [0.25, 0.3) is 0 Å². The summed E-state index contributed by atoms with van der Waals surface area (Å²) in [5.41, 5.74) is 0.857. The van der Waals surface area contributed by atoms with E-state index in [1.54, 1.807) is 4.57 Å². The van der Waals surface area contributed by atoms with Crippen LogP contribution < -0.4 is 11.0 Å². The summed E-state index contributed by atoms with van der Waals surface area (Å²) in [6.45, 7) is 1.15. The molecule has 22 heavy (non-hydrogen) atoms. The lowest BCUT2D eigenvalue weighted by molar-refractivity contribution is -0.122. The predicted octanol–water partition coefficient (Wildman–Crippen LogP) is 1.09. The fourth-order valence-electron chi connectivity index (χ4n) is 2.72. The van der Waals surface area contributed by atoms with Gasteiger partial charge >= 0.3 is 5.69 Å². The van der Waals surface area contributed by atoms with E-state index in [2.05, 4.69) is 10.4 Å². The number of nitrogens with one attached hydrogen (secondary N) is 1. The van der Waals surface area contributed by atoms with Gasteiger partial charge in [-0.05, 0) is 18.4 Å². The number of benzene rings is 1. The van der Waals surface area contributed by atoms with Crippen molar-refractivity contribution in [1.82, 2.24) is 19.7 Å². The van der Waals surface area contributed by atoms with Crippen molar-refractivity contribution in [2.75, 3.05) is 0 Å². The van der Waals surface area contributed by atoms with Gasteiger partial charge in [-0.15, -0.1) is 0 Å². The molecule has 6 nitrogen and oxygen atoms in total. The van der Waals surface area contributed by atoms with Gasteiger partial charge in [0.05, 0.1) is 0 Å². The van der Waals surface area contributed by atoms with Gasteiger partial charge < -0.3 is 5.32 Å². The number of carbonyl (C=O) groups is 1. The van der Waals surface area contributed by atoms with Crippen LogP contribution in [-0.2, 0) is 30.8 Å². The van der Waals surface area contributed by atoms with Crippen LogP contribution in [0.4, 0.5) is 0 Å². The molecule has 0 fully saturated rings. The molecule has 116 valence electrons. The largest absolute Gasteiger partial charge is 0.350 e. The van der Waals surface area contributed by atoms with Crippen LogP contribution in [0.1, 0.15) is 30.7 Å². The maximum absolute atomic E-state index is 12.3. The van der Waals surface area contributed by atoms with E-state index in [1.165, 1.54) is 4.68 Å². The Balaban J connectivity index is 1.63. The summed E-state index contributed by atoms with van der Waals surface area (Å²) in [5, 5.41) is 7.13. The standard InChI is InChI=1S/C16H20N4O2/c21-15(17-11-13-7-3-1-4-8-13)12-20-16(22)19-10-6-2-5-9-14(19)18-20/h1,3-4,7-8H,2,5-6,9-12H2,(H,17,21). The summed E-state index contributed by atoms with van der Waals surface area (Å²) in [6.07, 6.45) is 3.99. The summed E-state index contributed by atoms with van der Waals surface area (Å²) in [6, 6.07) is 9.69. The Morgan fingerprint density at radius 3 is 2.82 bits per heavy atom. The van der Waals surface area contributed by atoms with Crippen molar-refractivity contribution in [3.63, 3.8) is 0 Å². The van der Waals surface area contributed by atoms with Crippen LogP contribution in [0.2, 0.25) is 0 Å². The highest BCUT2D eigenvalue weighted by Crippen LogP contribution is 2.10. The Kier molecular flexibility index (Phi) is 4.37. The molecule has 2 heterocycles. The lowest BCUT2D eigenvalue weighted by atomic mass is 10.2. The van der Waals surface area contributed by atoms with E-state index >= 15 is 0 Å². The van der Waals surface area contributed by atoms with E-state index in [4.69, 9.17) is 0 Å². The van der Waals surface area contributed by atoms with Crippen LogP contribution in [0, 0.1) is 0 Å². The number of aryl methyl sites for hydroxylation is 1. The molecule has 1 N–H and O–H groups in total. The van der Waals surface area contributed by atoms with Gasteiger partial charge in [0.1, 0.15) is 12.4 Å². The lowest BCUT2D eigenvalue weighted by Gasteiger charge is -2.04. The van der Waals surface area contributed by atoms with Crippen LogP contribution in [0.3, 0.4) is 0 Å². The summed E-state index contributed by atoms with van der Waals surface area (Å²) in [4.78, 5) is 24.3. The van der Waals surface area contributed by atoms with Crippen LogP contribution >= 0.6 is 0 Å². The highest BCUT2D eigenvalue weighted by molar-refractivity contribution is 5.75. The van der Waals surface area contributed by atoms with Gasteiger partial charge in [-0.25, -0.2) is 9.48 Å². The van der Waals surface area contributed by atoms with Crippen molar-refractivity contribution < 1.29 is 4.79 Å². The predicted molar refractivity (Wildman–Crippen MR) is 82.3 cm³/mol. The molecular formula is C16H20N4O2. The lowest BCUT2D eigenvalue weighted by Crippen LogP contribution is -2.33. The number of amides is 1. The maximum Gasteiger partial charge on any atom is 0.346 e. The number of fused-ring (bicyclic) bond motifs is 1. The quantitative estimate of drug-likeness (QED) is 0.919. The van der Waals surface area contributed by atoms with Gasteiger partial charge in [-0.3, -0.25) is 9.36 Å². The molecule has 0 spiro atoms. The first-order valence-electron chi connectivity index (χ1n) is 7.71. The van der Waals surface area contributed by atoms with E-state index in [1.807, 2.05) is 30.3 Å². The van der Waals surface area contributed by atoms with E-state index in [0.717, 1.165) is 37.1 Å². The molecule has 0 bridgehead atoms. The van der Waals surface area contributed by atoms with Gasteiger partial charge in [0.2, 0.25) is 5.91 Å². The van der Waals surface area contributed by atoms with Crippen LogP contribution in [0.25, 0.3) is 0 Å². The average Bonchev–Trinajstić information content (AvgIpc) is 2.71. The minimum absolute atomic E-state index is 0.0222. The van der Waals surface area contributed by atoms with Gasteiger partial charge in [0.15, 0.2) is 0 Å². The molecule has 1 aromatic carbocycles. The third-order valence-corrected chi connectivity index (χ3v) is 3.91. The maximum atomic E-state index is 12.3. The molecular weight excluding hydrogens is 280 g/mol. The average molecular weight is 300 g/mol. The summed E-state index contributed by atoms with van der Waals surface area (Å²) >= 11 is 0. The molecule has 0 unspecified atom stereocenters. The Morgan fingerprint density at radius 1 is 1.18 bits per heavy atom. The number of rotatable bonds is 4. The minimum Gasteiger partial charge on any atom is -0.350 e. The van der Waals surface area contributed by atoms with Crippen LogP contribution in [0.5, 0.6) is 0 Å². The third-order valence-electron chi connectivity index (χ3n) is 3.91. The second-order valence-electron chi connectivity index (χ2n) is 5.58. The molecule has 0 saturated heterocycles. The first-order valence-corrected chi connectivity index (χ1v) is 7.71. The minimum atomic E-state index is -0.195. The molecule has 1 aliphatic rings. The first-order chi connectivity index (χ1) is 10.7. The molecule has 1 amide bonds. The SMILES string of the molecule is O=C(Cn1nc2n(c1=O)CCCCC2)NCc1ccccc1. The van der Waals surface area contributed by atoms with E-state index in [9.17, 15) is 9.59 Å². The summed E-state index contributed by atoms with van der Waals surface area (Å²) in [7, 11) is 0. The number of aromatic nitrogens is 3. The number of nitrogens with zero attached hydrogens (tertiary/aromatic N) is 3. The number of carbonyl (C=O) groups excluding carboxylic acids is 1. The van der Waals surface area contributed by atoms with Gasteiger partial charge in [0, 0.05) is 19.5 Å². The zero-order valence-corrected chi connectivity index (χ0v) is 12.5. The molecule has 0 aliphatic carbocycles. The van der Waals surface area contributed by atoms with E-state index < -0.39 is 0 Å². The molecule has 0 radical (unpaired) electrons. The van der Waals surface area contributed by atoms with Crippen molar-refractivity contribution in [2.45, 2.75) is 45.3 Å². The summed E-state index contributed by atoms with van der Waals surface area (Å²) < 4.78 is 2.98. The second-order valence-corrected chi connectivity index (χ2v) is 5.58. The fourth-order valence-corrected chi connectivity index (χ4v) is 2.72. The van der Waals surface area contributed by atoms with Crippen LogP contribution in [-0.4, -0.2) is 20.3 Å². The smallest absolute Gasteiger partial charge is 0.346 e. The molecule has 2 aromatic rings. The van der Waals surface area contributed by atoms with Crippen molar-refractivity contribution in [1.29, 1.82) is 0 Å². The molecule has 1 aromatic heterocycles. The normalized spacial score (nSPS) is 14.2. The Morgan fingerprint density at radius 2 is 2.00 bits per heavy atom. The Hall–Kier alpha value is -2.37. The number of hydrogen-bond donors (Lipinski definition) is 1. The highest BCUT2D eigenvalue weighted by Gasteiger charge is 2.16. The first kappa shape index (κ1) is 14.6. The highest BCUT2D eigenvalue weighted by atomic mass is 16.2. The zero-order chi connectivity index (χ0) is 15.4. The fraction of sp³-hybridized carbons (Fsp3) is 0.438. The van der Waals surface area contributed by atoms with Gasteiger partial charge in [-0.1, -0.05) is 36.8 Å². The second kappa shape index (κ2) is 6.60. The van der Waals surface area contributed by atoms with Crippen molar-refractivity contribution in [3.8, 4) is 0 Å². The molecule has 3 rings (SSSR count). The Labute approximate surface area is 128 Å². The molecule has 6 heteroatoms. The monoisotopic (exact) mass is 300 g/mol. The van der Waals surface area contributed by atoms with Crippen molar-refractivity contribution in [2.24, 2.45) is 0 Å². The van der Waals surface area contributed by atoms with E-state index in [-0.39, 0.29) is 18.1 Å². The van der Waals surface area contributed by atoms with Crippen LogP contribution in [0.15, 0.2) is 35.1 Å². The summed E-state index contributed by atoms with van der Waals surface area (Å²) in [5.74, 6) is 0.609. The molecule has 0 saturated carbocycles. The zero-order valence-electron chi connectivity index (χ0n) is 12.5. The molecule has 1 aliphatic heterocycles. The van der Waals surface area contributed by atoms with E-state index in [0.29, 0.717) is 13.1 Å². The Bertz CT molecular complexity index is 703. The third kappa shape index (κ3) is 3.27. The van der Waals surface area contributed by atoms with Crippen molar-refractivity contribution in [3.05, 3.63) is 52.2 Å². The van der Waals surface area contributed by atoms with Crippen molar-refractivity contribution >= 4 is 5.91 Å². The molecule has 0 atom stereocenters. The topological polar surface area (TPSA) is 68.9 Å².